The van der Waals surface area contributed by atoms with Crippen molar-refractivity contribution < 1.29 is 19.5 Å². The highest BCUT2D eigenvalue weighted by Gasteiger charge is 2.26. The summed E-state index contributed by atoms with van der Waals surface area (Å²) in [6, 6.07) is 0. The molecule has 0 atom stereocenters. The van der Waals surface area contributed by atoms with Crippen LogP contribution in [0.1, 0.15) is 60.4 Å². The molecule has 1 aliphatic carbocycles. The maximum absolute atomic E-state index is 12.3. The second-order valence-corrected chi connectivity index (χ2v) is 6.64. The second kappa shape index (κ2) is 6.56. The van der Waals surface area contributed by atoms with Gasteiger partial charge in [0.25, 0.3) is 5.91 Å². The van der Waals surface area contributed by atoms with E-state index in [0.29, 0.717) is 41.2 Å². The molecule has 24 heavy (non-hydrogen) atoms. The highest BCUT2D eigenvalue weighted by atomic mass is 32.1. The van der Waals surface area contributed by atoms with E-state index in [4.69, 9.17) is 5.11 Å². The number of amides is 1. The molecule has 2 heterocycles. The number of aryl methyl sites for hydroxylation is 1. The van der Waals surface area contributed by atoms with E-state index in [1.807, 2.05) is 0 Å². The molecule has 0 spiro atoms. The van der Waals surface area contributed by atoms with Crippen molar-refractivity contribution in [2.24, 2.45) is 0 Å². The fourth-order valence-electron chi connectivity index (χ4n) is 2.90. The van der Waals surface area contributed by atoms with Gasteiger partial charge in [-0.3, -0.25) is 9.59 Å². The quantitative estimate of drug-likeness (QED) is 0.765. The van der Waals surface area contributed by atoms with Gasteiger partial charge in [-0.25, -0.2) is 9.78 Å². The molecule has 1 aliphatic rings. The molecule has 0 aromatic carbocycles. The van der Waals surface area contributed by atoms with Crippen LogP contribution < -0.4 is 5.32 Å². The van der Waals surface area contributed by atoms with E-state index >= 15 is 0 Å². The fraction of sp³-hybridized carbons (Fsp3) is 0.375. The molecule has 2 aromatic rings. The SMILES string of the molecule is Cc1c(C(=O)NCCc2nc(C(=O)O)cs2)[nH]c2c1C(=O)CCC2. The third kappa shape index (κ3) is 3.09. The van der Waals surface area contributed by atoms with Crippen LogP contribution in [0.3, 0.4) is 0 Å². The van der Waals surface area contributed by atoms with Gasteiger partial charge in [0.1, 0.15) is 5.69 Å². The van der Waals surface area contributed by atoms with Gasteiger partial charge >= 0.3 is 5.97 Å². The normalized spacial score (nSPS) is 13.6. The number of H-pyrrole nitrogens is 1. The van der Waals surface area contributed by atoms with Crippen molar-refractivity contribution in [2.45, 2.75) is 32.6 Å². The Morgan fingerprint density at radius 3 is 2.88 bits per heavy atom. The Bertz CT molecular complexity index is 821. The van der Waals surface area contributed by atoms with Crippen molar-refractivity contribution >= 4 is 29.0 Å². The van der Waals surface area contributed by atoms with Crippen LogP contribution in [-0.2, 0) is 12.8 Å². The van der Waals surface area contributed by atoms with Gasteiger partial charge in [0.05, 0.1) is 5.01 Å². The van der Waals surface area contributed by atoms with Gasteiger partial charge in [0, 0.05) is 36.0 Å². The maximum Gasteiger partial charge on any atom is 0.355 e. The largest absolute Gasteiger partial charge is 0.476 e. The van der Waals surface area contributed by atoms with Crippen LogP contribution in [0.15, 0.2) is 5.38 Å². The number of aromatic amines is 1. The summed E-state index contributed by atoms with van der Waals surface area (Å²) in [5.74, 6) is -1.23. The molecule has 0 saturated carbocycles. The zero-order chi connectivity index (χ0) is 17.3. The summed E-state index contributed by atoms with van der Waals surface area (Å²) in [5, 5.41) is 13.8. The average Bonchev–Trinajstić information content (AvgIpc) is 3.13. The van der Waals surface area contributed by atoms with Gasteiger partial charge in [0.15, 0.2) is 11.5 Å². The molecule has 8 heteroatoms. The van der Waals surface area contributed by atoms with Gasteiger partial charge in [-0.15, -0.1) is 11.3 Å². The lowest BCUT2D eigenvalue weighted by Crippen LogP contribution is -2.26. The zero-order valence-corrected chi connectivity index (χ0v) is 14.0. The summed E-state index contributed by atoms with van der Waals surface area (Å²) >= 11 is 1.26. The second-order valence-electron chi connectivity index (χ2n) is 5.69. The number of carboxylic acids is 1. The van der Waals surface area contributed by atoms with Gasteiger partial charge in [-0.1, -0.05) is 0 Å². The number of Topliss-reactive ketones (excluding diaryl/α,β-unsaturated/α-hetero) is 1. The Hall–Kier alpha value is -2.48. The molecule has 2 aromatic heterocycles. The number of aromatic nitrogens is 2. The molecular formula is C16H17N3O4S. The average molecular weight is 347 g/mol. The van der Waals surface area contributed by atoms with E-state index in [1.165, 1.54) is 16.7 Å². The van der Waals surface area contributed by atoms with Crippen molar-refractivity contribution in [3.05, 3.63) is 38.6 Å². The molecule has 3 rings (SSSR count). The topological polar surface area (TPSA) is 112 Å². The van der Waals surface area contributed by atoms with E-state index in [2.05, 4.69) is 15.3 Å². The number of carbonyl (C=O) groups is 3. The minimum Gasteiger partial charge on any atom is -0.476 e. The molecule has 7 nitrogen and oxygen atoms in total. The zero-order valence-electron chi connectivity index (χ0n) is 13.1. The number of rotatable bonds is 5. The number of carbonyl (C=O) groups excluding carboxylic acids is 2. The van der Waals surface area contributed by atoms with Crippen molar-refractivity contribution in [2.75, 3.05) is 6.54 Å². The van der Waals surface area contributed by atoms with Crippen molar-refractivity contribution in [1.82, 2.24) is 15.3 Å². The lowest BCUT2D eigenvalue weighted by molar-refractivity contribution is 0.0690. The van der Waals surface area contributed by atoms with E-state index in [0.717, 1.165) is 18.5 Å². The first-order valence-electron chi connectivity index (χ1n) is 7.68. The molecule has 0 saturated heterocycles. The van der Waals surface area contributed by atoms with Gasteiger partial charge in [-0.05, 0) is 25.3 Å². The summed E-state index contributed by atoms with van der Waals surface area (Å²) in [6.45, 7) is 2.13. The number of ketones is 1. The Balaban J connectivity index is 1.63. The van der Waals surface area contributed by atoms with Gasteiger partial charge in [0.2, 0.25) is 0 Å². The number of aromatic carboxylic acids is 1. The molecule has 0 bridgehead atoms. The lowest BCUT2D eigenvalue weighted by Gasteiger charge is -2.09. The molecule has 0 radical (unpaired) electrons. The van der Waals surface area contributed by atoms with Crippen LogP contribution in [0.5, 0.6) is 0 Å². The van der Waals surface area contributed by atoms with Crippen LogP contribution >= 0.6 is 11.3 Å². The number of fused-ring (bicyclic) bond motifs is 1. The monoisotopic (exact) mass is 347 g/mol. The number of nitrogens with zero attached hydrogens (tertiary/aromatic N) is 1. The fourth-order valence-corrected chi connectivity index (χ4v) is 3.67. The number of carboxylic acid groups (broad SMARTS) is 1. The van der Waals surface area contributed by atoms with Crippen LogP contribution in [0.4, 0.5) is 0 Å². The van der Waals surface area contributed by atoms with E-state index < -0.39 is 5.97 Å². The predicted molar refractivity (Wildman–Crippen MR) is 87.9 cm³/mol. The first kappa shape index (κ1) is 16.4. The Kier molecular flexibility index (Phi) is 4.48. The van der Waals surface area contributed by atoms with E-state index in [1.54, 1.807) is 6.92 Å². The highest BCUT2D eigenvalue weighted by molar-refractivity contribution is 7.09. The van der Waals surface area contributed by atoms with Crippen LogP contribution in [0.25, 0.3) is 0 Å². The van der Waals surface area contributed by atoms with Crippen molar-refractivity contribution in [1.29, 1.82) is 0 Å². The van der Waals surface area contributed by atoms with Crippen molar-refractivity contribution in [3.8, 4) is 0 Å². The molecule has 0 fully saturated rings. The summed E-state index contributed by atoms with van der Waals surface area (Å²) in [4.78, 5) is 42.2. The molecule has 0 unspecified atom stereocenters. The first-order valence-corrected chi connectivity index (χ1v) is 8.56. The summed E-state index contributed by atoms with van der Waals surface area (Å²) in [7, 11) is 0. The molecular weight excluding hydrogens is 330 g/mol. The summed E-state index contributed by atoms with van der Waals surface area (Å²) in [6.07, 6.45) is 2.58. The third-order valence-electron chi connectivity index (χ3n) is 4.06. The third-order valence-corrected chi connectivity index (χ3v) is 4.97. The van der Waals surface area contributed by atoms with Crippen molar-refractivity contribution in [3.63, 3.8) is 0 Å². The molecule has 3 N–H and O–H groups in total. The number of hydrogen-bond acceptors (Lipinski definition) is 5. The standard InChI is InChI=1S/C16H17N3O4S/c1-8-13-9(3-2-4-11(13)20)19-14(8)15(21)17-6-5-12-18-10(7-24-12)16(22)23/h7,19H,2-6H2,1H3,(H,17,21)(H,22,23). The van der Waals surface area contributed by atoms with Gasteiger partial charge in [-0.2, -0.15) is 0 Å². The van der Waals surface area contributed by atoms with Gasteiger partial charge < -0.3 is 15.4 Å². The molecule has 126 valence electrons. The number of hydrogen-bond donors (Lipinski definition) is 3. The molecule has 0 aliphatic heterocycles. The summed E-state index contributed by atoms with van der Waals surface area (Å²) in [5.41, 5.74) is 2.67. The van der Waals surface area contributed by atoms with Crippen LogP contribution in [0, 0.1) is 6.92 Å². The van der Waals surface area contributed by atoms with E-state index in [-0.39, 0.29) is 17.4 Å². The smallest absolute Gasteiger partial charge is 0.355 e. The Labute approximate surface area is 142 Å². The highest BCUT2D eigenvalue weighted by Crippen LogP contribution is 2.26. The Morgan fingerprint density at radius 1 is 1.42 bits per heavy atom. The molecule has 1 amide bonds. The van der Waals surface area contributed by atoms with Crippen LogP contribution in [0.2, 0.25) is 0 Å². The van der Waals surface area contributed by atoms with E-state index in [9.17, 15) is 14.4 Å². The summed E-state index contributed by atoms with van der Waals surface area (Å²) < 4.78 is 0. The minimum absolute atomic E-state index is 0.0210. The minimum atomic E-state index is -1.06. The number of nitrogens with one attached hydrogen (secondary N) is 2. The number of thiazole rings is 1. The van der Waals surface area contributed by atoms with Crippen LogP contribution in [-0.4, -0.2) is 39.3 Å². The lowest BCUT2D eigenvalue weighted by atomic mass is 9.94. The first-order chi connectivity index (χ1) is 11.5. The predicted octanol–water partition coefficient (Wildman–Crippen LogP) is 1.97. The Morgan fingerprint density at radius 2 is 2.21 bits per heavy atom. The maximum atomic E-state index is 12.3.